The lowest BCUT2D eigenvalue weighted by Gasteiger charge is -2.22. The van der Waals surface area contributed by atoms with Crippen LogP contribution in [0.3, 0.4) is 0 Å². The van der Waals surface area contributed by atoms with Crippen LogP contribution in [0.1, 0.15) is 17.9 Å². The number of hydrogen-bond donors (Lipinski definition) is 1. The molecule has 0 atom stereocenters. The van der Waals surface area contributed by atoms with Crippen LogP contribution < -0.4 is 10.1 Å². The average Bonchev–Trinajstić information content (AvgIpc) is 2.87. The highest BCUT2D eigenvalue weighted by Crippen LogP contribution is 2.25. The fourth-order valence-electron chi connectivity index (χ4n) is 3.15. The van der Waals surface area contributed by atoms with E-state index in [1.807, 2.05) is 0 Å². The molecule has 1 aliphatic heterocycles. The van der Waals surface area contributed by atoms with Crippen molar-refractivity contribution >= 4 is 21.7 Å². The molecule has 0 unspecified atom stereocenters. The molecule has 3 rings (SSSR count). The molecule has 0 radical (unpaired) electrons. The van der Waals surface area contributed by atoms with Crippen molar-refractivity contribution in [2.24, 2.45) is 0 Å². The average molecular weight is 409 g/mol. The third kappa shape index (κ3) is 3.94. The van der Waals surface area contributed by atoms with E-state index >= 15 is 0 Å². The van der Waals surface area contributed by atoms with Gasteiger partial charge in [-0.1, -0.05) is 5.16 Å². The minimum Gasteiger partial charge on any atom is -0.480 e. The molecular formula is C17H23N5O5S. The second kappa shape index (κ2) is 8.15. The van der Waals surface area contributed by atoms with Crippen LogP contribution in [0, 0.1) is 13.8 Å². The van der Waals surface area contributed by atoms with Crippen molar-refractivity contribution < 1.29 is 22.5 Å². The first kappa shape index (κ1) is 20.1. The van der Waals surface area contributed by atoms with Gasteiger partial charge in [0.2, 0.25) is 15.9 Å². The normalized spacial score (nSPS) is 15.9. The topological polar surface area (TPSA) is 118 Å². The lowest BCUT2D eigenvalue weighted by atomic mass is 10.4. The molecule has 3 heterocycles. The summed E-state index contributed by atoms with van der Waals surface area (Å²) in [4.78, 5) is 18.3. The number of methoxy groups -OCH3 is 1. The van der Waals surface area contributed by atoms with Gasteiger partial charge in [-0.25, -0.2) is 18.2 Å². The number of nitrogens with zero attached hydrogens (tertiary/aromatic N) is 4. The van der Waals surface area contributed by atoms with E-state index in [9.17, 15) is 13.2 Å². The first-order chi connectivity index (χ1) is 13.3. The molecular weight excluding hydrogens is 386 g/mol. The summed E-state index contributed by atoms with van der Waals surface area (Å²) in [6.45, 7) is 4.36. The number of anilines is 1. The smallest absolute Gasteiger partial charge is 0.322 e. The first-order valence-electron chi connectivity index (χ1n) is 8.82. The number of urea groups is 1. The molecule has 1 N–H and O–H groups in total. The Bertz CT molecular complexity index is 939. The van der Waals surface area contributed by atoms with Gasteiger partial charge in [0.15, 0.2) is 5.76 Å². The van der Waals surface area contributed by atoms with Crippen molar-refractivity contribution in [3.63, 3.8) is 0 Å². The van der Waals surface area contributed by atoms with Crippen LogP contribution in [0.4, 0.5) is 10.5 Å². The Morgan fingerprint density at radius 1 is 1.25 bits per heavy atom. The molecule has 11 heteroatoms. The first-order valence-corrected chi connectivity index (χ1v) is 10.3. The molecule has 152 valence electrons. The number of rotatable bonds is 4. The maximum atomic E-state index is 13.0. The van der Waals surface area contributed by atoms with Crippen LogP contribution in [-0.4, -0.2) is 67.1 Å². The van der Waals surface area contributed by atoms with Gasteiger partial charge in [-0.15, -0.1) is 0 Å². The van der Waals surface area contributed by atoms with E-state index in [1.165, 1.54) is 11.4 Å². The van der Waals surface area contributed by atoms with E-state index in [1.54, 1.807) is 37.1 Å². The van der Waals surface area contributed by atoms with E-state index in [2.05, 4.69) is 15.5 Å². The summed E-state index contributed by atoms with van der Waals surface area (Å²) in [7, 11) is -2.26. The van der Waals surface area contributed by atoms with E-state index in [-0.39, 0.29) is 29.8 Å². The molecule has 2 aromatic heterocycles. The Labute approximate surface area is 163 Å². The predicted molar refractivity (Wildman–Crippen MR) is 101 cm³/mol. The summed E-state index contributed by atoms with van der Waals surface area (Å²) in [5.74, 6) is 0.577. The highest BCUT2D eigenvalue weighted by atomic mass is 32.2. The number of carbonyl (C=O) groups excluding carboxylic acids is 1. The summed E-state index contributed by atoms with van der Waals surface area (Å²) in [5, 5.41) is 6.50. The molecule has 0 aliphatic carbocycles. The molecule has 1 fully saturated rings. The number of amides is 2. The molecule has 0 spiro atoms. The van der Waals surface area contributed by atoms with Gasteiger partial charge in [-0.2, -0.15) is 4.31 Å². The van der Waals surface area contributed by atoms with Crippen LogP contribution in [0.15, 0.2) is 27.7 Å². The van der Waals surface area contributed by atoms with Crippen molar-refractivity contribution in [1.82, 2.24) is 19.3 Å². The summed E-state index contributed by atoms with van der Waals surface area (Å²) in [6, 6.07) is 3.05. The van der Waals surface area contributed by atoms with Crippen LogP contribution >= 0.6 is 0 Å². The maximum absolute atomic E-state index is 13.0. The van der Waals surface area contributed by atoms with Crippen molar-refractivity contribution in [3.8, 4) is 5.88 Å². The quantitative estimate of drug-likeness (QED) is 0.815. The van der Waals surface area contributed by atoms with Gasteiger partial charge >= 0.3 is 6.03 Å². The maximum Gasteiger partial charge on any atom is 0.322 e. The third-order valence-electron chi connectivity index (χ3n) is 4.51. The lowest BCUT2D eigenvalue weighted by molar-refractivity contribution is 0.214. The molecule has 2 aromatic rings. The SMILES string of the molecule is COc1ncccc1NC(=O)N1CCCN(S(=O)(=O)c2c(C)noc2C)CC1. The number of ether oxygens (including phenoxy) is 1. The number of aryl methyl sites for hydroxylation is 2. The van der Waals surface area contributed by atoms with E-state index in [4.69, 9.17) is 9.26 Å². The van der Waals surface area contributed by atoms with Gasteiger partial charge in [0.05, 0.1) is 7.11 Å². The van der Waals surface area contributed by atoms with Crippen molar-refractivity contribution in [1.29, 1.82) is 0 Å². The number of sulfonamides is 1. The van der Waals surface area contributed by atoms with Gasteiger partial charge in [0.1, 0.15) is 16.3 Å². The molecule has 10 nitrogen and oxygen atoms in total. The van der Waals surface area contributed by atoms with Crippen LogP contribution in [-0.2, 0) is 10.0 Å². The minimum atomic E-state index is -3.73. The second-order valence-electron chi connectivity index (χ2n) is 6.39. The van der Waals surface area contributed by atoms with Gasteiger partial charge < -0.3 is 19.5 Å². The van der Waals surface area contributed by atoms with Gasteiger partial charge in [0.25, 0.3) is 0 Å². The molecule has 2 amide bonds. The van der Waals surface area contributed by atoms with Gasteiger partial charge in [0, 0.05) is 32.4 Å². The zero-order valence-electron chi connectivity index (χ0n) is 16.0. The van der Waals surface area contributed by atoms with Crippen LogP contribution in [0.25, 0.3) is 0 Å². The molecule has 1 saturated heterocycles. The molecule has 0 aromatic carbocycles. The summed E-state index contributed by atoms with van der Waals surface area (Å²) < 4.78 is 37.5. The third-order valence-corrected chi connectivity index (χ3v) is 6.66. The highest BCUT2D eigenvalue weighted by molar-refractivity contribution is 7.89. The lowest BCUT2D eigenvalue weighted by Crippen LogP contribution is -2.39. The van der Waals surface area contributed by atoms with Crippen LogP contribution in [0.5, 0.6) is 5.88 Å². The minimum absolute atomic E-state index is 0.102. The standard InChI is InChI=1S/C17H23N5O5S/c1-12-15(13(2)27-20-12)28(24,25)22-9-5-8-21(10-11-22)17(23)19-14-6-4-7-18-16(14)26-3/h4,6-7H,5,8-11H2,1-3H3,(H,19,23). The number of carbonyl (C=O) groups is 1. The number of hydrogen-bond acceptors (Lipinski definition) is 7. The van der Waals surface area contributed by atoms with E-state index < -0.39 is 10.0 Å². The number of pyridine rings is 1. The Balaban J connectivity index is 1.70. The Morgan fingerprint density at radius 3 is 2.71 bits per heavy atom. The predicted octanol–water partition coefficient (Wildman–Crippen LogP) is 1.62. The second-order valence-corrected chi connectivity index (χ2v) is 8.26. The largest absolute Gasteiger partial charge is 0.480 e. The molecule has 0 bridgehead atoms. The van der Waals surface area contributed by atoms with E-state index in [0.717, 1.165) is 0 Å². The van der Waals surface area contributed by atoms with E-state index in [0.29, 0.717) is 36.8 Å². The Kier molecular flexibility index (Phi) is 5.84. The number of nitrogens with one attached hydrogen (secondary N) is 1. The highest BCUT2D eigenvalue weighted by Gasteiger charge is 2.33. The van der Waals surface area contributed by atoms with Crippen molar-refractivity contribution in [2.45, 2.75) is 25.2 Å². The summed E-state index contributed by atoms with van der Waals surface area (Å²) in [5.41, 5.74) is 0.791. The zero-order valence-corrected chi connectivity index (χ0v) is 16.8. The summed E-state index contributed by atoms with van der Waals surface area (Å²) in [6.07, 6.45) is 2.08. The Hall–Kier alpha value is -2.66. The fourth-order valence-corrected chi connectivity index (χ4v) is 4.91. The molecule has 1 aliphatic rings. The Morgan fingerprint density at radius 2 is 2.04 bits per heavy atom. The van der Waals surface area contributed by atoms with Gasteiger partial charge in [-0.05, 0) is 32.4 Å². The zero-order chi connectivity index (χ0) is 20.3. The molecule has 0 saturated carbocycles. The monoisotopic (exact) mass is 409 g/mol. The van der Waals surface area contributed by atoms with Crippen LogP contribution in [0.2, 0.25) is 0 Å². The summed E-state index contributed by atoms with van der Waals surface area (Å²) >= 11 is 0. The molecule has 28 heavy (non-hydrogen) atoms. The van der Waals surface area contributed by atoms with Gasteiger partial charge in [-0.3, -0.25) is 0 Å². The van der Waals surface area contributed by atoms with Crippen molar-refractivity contribution in [3.05, 3.63) is 29.8 Å². The van der Waals surface area contributed by atoms with Crippen molar-refractivity contribution in [2.75, 3.05) is 38.6 Å². The number of aromatic nitrogens is 2. The fraction of sp³-hybridized carbons (Fsp3) is 0.471.